The fraction of sp³-hybridized carbons (Fsp3) is 0.500. The van der Waals surface area contributed by atoms with Gasteiger partial charge in [-0.25, -0.2) is 0 Å². The first-order valence-corrected chi connectivity index (χ1v) is 9.60. The van der Waals surface area contributed by atoms with Gasteiger partial charge in [0.15, 0.2) is 11.5 Å². The Morgan fingerprint density at radius 3 is 2.74 bits per heavy atom. The summed E-state index contributed by atoms with van der Waals surface area (Å²) in [5, 5.41) is 2.96. The molecule has 1 aromatic heterocycles. The highest BCUT2D eigenvalue weighted by molar-refractivity contribution is 5.95. The van der Waals surface area contributed by atoms with Gasteiger partial charge in [-0.2, -0.15) is 0 Å². The number of hydrogen-bond donors (Lipinski definition) is 1. The van der Waals surface area contributed by atoms with Crippen molar-refractivity contribution < 1.29 is 14.3 Å². The number of aromatic nitrogens is 1. The lowest BCUT2D eigenvalue weighted by Crippen LogP contribution is -2.28. The summed E-state index contributed by atoms with van der Waals surface area (Å²) >= 11 is 0. The number of amides is 1. The van der Waals surface area contributed by atoms with Crippen LogP contribution >= 0.6 is 0 Å². The van der Waals surface area contributed by atoms with Gasteiger partial charge < -0.3 is 19.4 Å². The van der Waals surface area contributed by atoms with Gasteiger partial charge in [-0.05, 0) is 53.7 Å². The average Bonchev–Trinajstić information content (AvgIpc) is 3.06. The minimum atomic E-state index is -0.199. The molecule has 1 amide bonds. The number of benzene rings is 1. The van der Waals surface area contributed by atoms with Gasteiger partial charge in [-0.3, -0.25) is 4.79 Å². The quantitative estimate of drug-likeness (QED) is 0.775. The van der Waals surface area contributed by atoms with Crippen LogP contribution in [0.2, 0.25) is 0 Å². The van der Waals surface area contributed by atoms with Gasteiger partial charge in [0.2, 0.25) is 0 Å². The van der Waals surface area contributed by atoms with Crippen molar-refractivity contribution in [1.29, 1.82) is 0 Å². The highest BCUT2D eigenvalue weighted by Gasteiger charge is 2.32. The molecule has 2 aromatic rings. The van der Waals surface area contributed by atoms with Crippen molar-refractivity contribution in [3.63, 3.8) is 0 Å². The molecule has 3 rings (SSSR count). The molecule has 0 saturated carbocycles. The molecule has 0 bridgehead atoms. The lowest BCUT2D eigenvalue weighted by Gasteiger charge is -2.18. The monoisotopic (exact) mass is 370 g/mol. The number of carbonyl (C=O) groups excluding carboxylic acids is 1. The number of nitrogens with one attached hydrogen (secondary N) is 1. The number of hydrogen-bond acceptors (Lipinski definition) is 3. The van der Waals surface area contributed by atoms with Crippen LogP contribution in [0.25, 0.3) is 0 Å². The molecule has 2 heterocycles. The van der Waals surface area contributed by atoms with Crippen molar-refractivity contribution in [2.45, 2.75) is 59.6 Å². The third-order valence-electron chi connectivity index (χ3n) is 4.95. The Morgan fingerprint density at radius 1 is 1.33 bits per heavy atom. The van der Waals surface area contributed by atoms with Crippen LogP contribution in [0.3, 0.4) is 0 Å². The van der Waals surface area contributed by atoms with Crippen molar-refractivity contribution in [3.05, 3.63) is 46.8 Å². The van der Waals surface area contributed by atoms with Crippen LogP contribution in [-0.2, 0) is 6.42 Å². The number of carbonyl (C=O) groups is 1. The number of rotatable bonds is 6. The highest BCUT2D eigenvalue weighted by atomic mass is 16.5. The molecule has 0 saturated heterocycles. The molecule has 0 unspecified atom stereocenters. The zero-order valence-corrected chi connectivity index (χ0v) is 17.2. The van der Waals surface area contributed by atoms with Gasteiger partial charge in [0.1, 0.15) is 12.2 Å². The molecule has 146 valence electrons. The van der Waals surface area contributed by atoms with E-state index in [0.29, 0.717) is 19.2 Å². The Labute approximate surface area is 161 Å². The molecule has 27 heavy (non-hydrogen) atoms. The fourth-order valence-electron chi connectivity index (χ4n) is 3.92. The summed E-state index contributed by atoms with van der Waals surface area (Å²) in [7, 11) is 0. The van der Waals surface area contributed by atoms with Crippen LogP contribution in [-0.4, -0.2) is 29.2 Å². The van der Waals surface area contributed by atoms with Gasteiger partial charge >= 0.3 is 0 Å². The summed E-state index contributed by atoms with van der Waals surface area (Å²) in [6.07, 6.45) is 0.877. The third-order valence-corrected chi connectivity index (χ3v) is 4.95. The Hall–Kier alpha value is -2.43. The number of para-hydroxylation sites is 1. The minimum Gasteiger partial charge on any atom is -0.488 e. The first kappa shape index (κ1) is 19.3. The number of nitrogens with zero attached hydrogens (tertiary/aromatic N) is 1. The Bertz CT molecular complexity index is 849. The molecule has 0 fully saturated rings. The molecule has 1 N–H and O–H groups in total. The lowest BCUT2D eigenvalue weighted by atomic mass is 10.0. The molecule has 1 aliphatic heterocycles. The van der Waals surface area contributed by atoms with Gasteiger partial charge in [-0.1, -0.05) is 12.1 Å². The molecule has 0 spiro atoms. The van der Waals surface area contributed by atoms with E-state index in [1.165, 1.54) is 5.56 Å². The van der Waals surface area contributed by atoms with E-state index < -0.39 is 0 Å². The number of fused-ring (bicyclic) bond motifs is 1. The highest BCUT2D eigenvalue weighted by Crippen LogP contribution is 2.41. The Kier molecular flexibility index (Phi) is 5.22. The summed E-state index contributed by atoms with van der Waals surface area (Å²) in [5.41, 5.74) is 3.80. The van der Waals surface area contributed by atoms with Gasteiger partial charge in [0, 0.05) is 29.4 Å². The van der Waals surface area contributed by atoms with Crippen LogP contribution in [0.15, 0.2) is 24.3 Å². The second-order valence-electron chi connectivity index (χ2n) is 8.14. The standard InChI is InChI=1S/C22H30N2O3/c1-14(2)24-15(3)12-18(16(24)4)21(25)23-10-11-26-19-9-7-8-17-13-22(5,6)27-20(17)19/h7-9,12,14H,10-11,13H2,1-6H3,(H,23,25). The fourth-order valence-corrected chi connectivity index (χ4v) is 3.92. The summed E-state index contributed by atoms with van der Waals surface area (Å²) in [5.74, 6) is 1.51. The maximum Gasteiger partial charge on any atom is 0.253 e. The molecule has 0 atom stereocenters. The van der Waals surface area contributed by atoms with Crippen LogP contribution in [0, 0.1) is 13.8 Å². The van der Waals surface area contributed by atoms with Crippen molar-refractivity contribution >= 4 is 5.91 Å². The average molecular weight is 370 g/mol. The largest absolute Gasteiger partial charge is 0.488 e. The zero-order chi connectivity index (χ0) is 19.8. The smallest absolute Gasteiger partial charge is 0.253 e. The van der Waals surface area contributed by atoms with E-state index in [1.807, 2.05) is 32.0 Å². The molecule has 1 aromatic carbocycles. The molecule has 0 aliphatic carbocycles. The first-order chi connectivity index (χ1) is 12.7. The maximum absolute atomic E-state index is 12.5. The minimum absolute atomic E-state index is 0.0609. The van der Waals surface area contributed by atoms with Crippen LogP contribution in [0.1, 0.15) is 61.0 Å². The maximum atomic E-state index is 12.5. The SMILES string of the molecule is Cc1cc(C(=O)NCCOc2cccc3c2OC(C)(C)C3)c(C)n1C(C)C. The van der Waals surface area contributed by atoms with E-state index in [1.54, 1.807) is 0 Å². The van der Waals surface area contributed by atoms with Crippen molar-refractivity contribution in [3.8, 4) is 11.5 Å². The van der Waals surface area contributed by atoms with Gasteiger partial charge in [0.05, 0.1) is 12.1 Å². The Balaban J connectivity index is 1.57. The summed E-state index contributed by atoms with van der Waals surface area (Å²) < 4.78 is 14.1. The van der Waals surface area contributed by atoms with Crippen molar-refractivity contribution in [2.75, 3.05) is 13.2 Å². The summed E-state index contributed by atoms with van der Waals surface area (Å²) in [6.45, 7) is 13.3. The van der Waals surface area contributed by atoms with E-state index in [2.05, 4.69) is 43.6 Å². The molecule has 5 heteroatoms. The third kappa shape index (κ3) is 3.97. The van der Waals surface area contributed by atoms with E-state index in [4.69, 9.17) is 9.47 Å². The number of ether oxygens (including phenoxy) is 2. The van der Waals surface area contributed by atoms with Crippen LogP contribution < -0.4 is 14.8 Å². The van der Waals surface area contributed by atoms with Gasteiger partial charge in [0.25, 0.3) is 5.91 Å². The normalized spacial score (nSPS) is 14.8. The predicted octanol–water partition coefficient (Wildman–Crippen LogP) is 4.21. The zero-order valence-electron chi connectivity index (χ0n) is 17.2. The lowest BCUT2D eigenvalue weighted by molar-refractivity contribution is 0.0945. The predicted molar refractivity (Wildman–Crippen MR) is 107 cm³/mol. The Morgan fingerprint density at radius 2 is 2.07 bits per heavy atom. The molecular formula is C22H30N2O3. The van der Waals surface area contributed by atoms with Crippen LogP contribution in [0.5, 0.6) is 11.5 Å². The second kappa shape index (κ2) is 7.29. The van der Waals surface area contributed by atoms with E-state index in [9.17, 15) is 4.79 Å². The van der Waals surface area contributed by atoms with Crippen LogP contribution in [0.4, 0.5) is 0 Å². The second-order valence-corrected chi connectivity index (χ2v) is 8.14. The van der Waals surface area contributed by atoms with Crippen molar-refractivity contribution in [2.24, 2.45) is 0 Å². The first-order valence-electron chi connectivity index (χ1n) is 9.60. The molecule has 1 aliphatic rings. The number of aryl methyl sites for hydroxylation is 1. The summed E-state index contributed by atoms with van der Waals surface area (Å²) in [4.78, 5) is 12.5. The molecular weight excluding hydrogens is 340 g/mol. The molecule has 5 nitrogen and oxygen atoms in total. The van der Waals surface area contributed by atoms with Crippen molar-refractivity contribution in [1.82, 2.24) is 9.88 Å². The topological polar surface area (TPSA) is 52.5 Å². The van der Waals surface area contributed by atoms with E-state index >= 15 is 0 Å². The van der Waals surface area contributed by atoms with Gasteiger partial charge in [-0.15, -0.1) is 0 Å². The van der Waals surface area contributed by atoms with E-state index in [-0.39, 0.29) is 11.5 Å². The summed E-state index contributed by atoms with van der Waals surface area (Å²) in [6, 6.07) is 8.25. The van der Waals surface area contributed by atoms with E-state index in [0.717, 1.165) is 34.9 Å². The molecule has 0 radical (unpaired) electrons.